The van der Waals surface area contributed by atoms with E-state index < -0.39 is 0 Å². The first kappa shape index (κ1) is 13.8. The molecule has 0 aromatic heterocycles. The fourth-order valence-corrected chi connectivity index (χ4v) is 3.40. The lowest BCUT2D eigenvalue weighted by Crippen LogP contribution is -2.43. The highest BCUT2D eigenvalue weighted by Crippen LogP contribution is 2.36. The third kappa shape index (κ3) is 3.45. The Morgan fingerprint density at radius 3 is 2.56 bits per heavy atom. The minimum atomic E-state index is 0.120. The first-order valence-corrected chi connectivity index (χ1v) is 7.30. The second kappa shape index (κ2) is 6.02. The molecule has 0 aromatic rings. The van der Waals surface area contributed by atoms with E-state index in [4.69, 9.17) is 5.73 Å². The quantitative estimate of drug-likeness (QED) is 0.771. The number of nitrogens with one attached hydrogen (secondary N) is 1. The summed E-state index contributed by atoms with van der Waals surface area (Å²) in [6.45, 7) is 2.81. The standard InChI is InChI=1S/C14H27N3O/c1-10(15)3-6-14(18)16-9-11-7-12-4-5-13(8-11)17(12)2/h10-13H,3-9,15H2,1-2H3,(H,16,18). The molecule has 0 aromatic carbocycles. The highest BCUT2D eigenvalue weighted by Gasteiger charge is 2.38. The number of fused-ring (bicyclic) bond motifs is 2. The van der Waals surface area contributed by atoms with Gasteiger partial charge in [-0.15, -0.1) is 0 Å². The van der Waals surface area contributed by atoms with Crippen molar-refractivity contribution in [3.05, 3.63) is 0 Å². The van der Waals surface area contributed by atoms with E-state index >= 15 is 0 Å². The molecule has 4 nitrogen and oxygen atoms in total. The second-order valence-electron chi connectivity index (χ2n) is 6.21. The SMILES string of the molecule is CC(N)CCC(=O)NCC1CC2CCC(C1)N2C. The Balaban J connectivity index is 1.67. The van der Waals surface area contributed by atoms with E-state index in [0.29, 0.717) is 12.3 Å². The zero-order valence-corrected chi connectivity index (χ0v) is 11.7. The summed E-state index contributed by atoms with van der Waals surface area (Å²) in [4.78, 5) is 14.2. The highest BCUT2D eigenvalue weighted by atomic mass is 16.1. The van der Waals surface area contributed by atoms with Crippen LogP contribution >= 0.6 is 0 Å². The molecule has 3 N–H and O–H groups in total. The molecule has 2 rings (SSSR count). The van der Waals surface area contributed by atoms with Crippen LogP contribution in [0.2, 0.25) is 0 Å². The molecule has 0 aliphatic carbocycles. The summed E-state index contributed by atoms with van der Waals surface area (Å²) >= 11 is 0. The topological polar surface area (TPSA) is 58.4 Å². The first-order valence-electron chi connectivity index (χ1n) is 7.30. The molecule has 3 unspecified atom stereocenters. The van der Waals surface area contributed by atoms with E-state index in [1.165, 1.54) is 25.7 Å². The van der Waals surface area contributed by atoms with Crippen molar-refractivity contribution >= 4 is 5.91 Å². The summed E-state index contributed by atoms with van der Waals surface area (Å²) in [5, 5.41) is 3.08. The zero-order valence-electron chi connectivity index (χ0n) is 11.7. The van der Waals surface area contributed by atoms with Gasteiger partial charge in [-0.25, -0.2) is 0 Å². The number of rotatable bonds is 5. The number of amides is 1. The number of carbonyl (C=O) groups excluding carboxylic acids is 1. The normalized spacial score (nSPS) is 33.4. The van der Waals surface area contributed by atoms with Gasteiger partial charge in [0, 0.05) is 31.1 Å². The average Bonchev–Trinajstić information content (AvgIpc) is 2.55. The summed E-state index contributed by atoms with van der Waals surface area (Å²) in [7, 11) is 2.25. The van der Waals surface area contributed by atoms with Crippen LogP contribution in [0.1, 0.15) is 45.4 Å². The predicted molar refractivity (Wildman–Crippen MR) is 73.2 cm³/mol. The molecule has 2 bridgehead atoms. The summed E-state index contributed by atoms with van der Waals surface area (Å²) in [5.41, 5.74) is 5.65. The molecule has 0 radical (unpaired) electrons. The molecule has 2 aliphatic rings. The Morgan fingerprint density at radius 1 is 1.39 bits per heavy atom. The molecular formula is C14H27N3O. The van der Waals surface area contributed by atoms with Gasteiger partial charge in [0.1, 0.15) is 0 Å². The maximum atomic E-state index is 11.7. The molecule has 3 atom stereocenters. The van der Waals surface area contributed by atoms with Crippen LogP contribution in [-0.4, -0.2) is 42.5 Å². The number of piperidine rings is 1. The lowest BCUT2D eigenvalue weighted by molar-refractivity contribution is -0.121. The fraction of sp³-hybridized carbons (Fsp3) is 0.929. The van der Waals surface area contributed by atoms with E-state index in [1.807, 2.05) is 6.92 Å². The van der Waals surface area contributed by atoms with Gasteiger partial charge in [-0.1, -0.05) is 0 Å². The van der Waals surface area contributed by atoms with Crippen LogP contribution in [0, 0.1) is 5.92 Å². The van der Waals surface area contributed by atoms with Crippen LogP contribution in [0.3, 0.4) is 0 Å². The lowest BCUT2D eigenvalue weighted by Gasteiger charge is -2.36. The Morgan fingerprint density at radius 2 is 2.00 bits per heavy atom. The van der Waals surface area contributed by atoms with Crippen LogP contribution < -0.4 is 11.1 Å². The lowest BCUT2D eigenvalue weighted by atomic mass is 9.91. The van der Waals surface area contributed by atoms with Gasteiger partial charge in [0.2, 0.25) is 5.91 Å². The van der Waals surface area contributed by atoms with Crippen molar-refractivity contribution in [3.8, 4) is 0 Å². The van der Waals surface area contributed by atoms with Crippen molar-refractivity contribution < 1.29 is 4.79 Å². The fourth-order valence-electron chi connectivity index (χ4n) is 3.40. The molecule has 4 heteroatoms. The largest absolute Gasteiger partial charge is 0.356 e. The maximum absolute atomic E-state index is 11.7. The summed E-state index contributed by atoms with van der Waals surface area (Å²) in [6, 6.07) is 1.64. The van der Waals surface area contributed by atoms with Gasteiger partial charge >= 0.3 is 0 Å². The number of hydrogen-bond acceptors (Lipinski definition) is 3. The molecule has 0 saturated carbocycles. The predicted octanol–water partition coefficient (Wildman–Crippen LogP) is 1.10. The molecule has 104 valence electrons. The van der Waals surface area contributed by atoms with Gasteiger partial charge in [0.15, 0.2) is 0 Å². The van der Waals surface area contributed by atoms with Gasteiger partial charge in [-0.2, -0.15) is 0 Å². The molecule has 18 heavy (non-hydrogen) atoms. The van der Waals surface area contributed by atoms with Gasteiger partial charge in [-0.05, 0) is 52.0 Å². The van der Waals surface area contributed by atoms with Crippen molar-refractivity contribution in [2.45, 2.75) is 63.6 Å². The molecule has 0 spiro atoms. The van der Waals surface area contributed by atoms with Crippen molar-refractivity contribution in [1.29, 1.82) is 0 Å². The Labute approximate surface area is 110 Å². The van der Waals surface area contributed by atoms with Crippen molar-refractivity contribution in [2.75, 3.05) is 13.6 Å². The number of nitrogens with two attached hydrogens (primary N) is 1. The zero-order chi connectivity index (χ0) is 13.1. The van der Waals surface area contributed by atoms with Crippen molar-refractivity contribution in [3.63, 3.8) is 0 Å². The smallest absolute Gasteiger partial charge is 0.220 e. The van der Waals surface area contributed by atoms with Crippen LogP contribution in [-0.2, 0) is 4.79 Å². The van der Waals surface area contributed by atoms with Gasteiger partial charge in [0.25, 0.3) is 0 Å². The Hall–Kier alpha value is -0.610. The number of hydrogen-bond donors (Lipinski definition) is 2. The third-order valence-electron chi connectivity index (χ3n) is 4.61. The van der Waals surface area contributed by atoms with E-state index in [1.54, 1.807) is 0 Å². The van der Waals surface area contributed by atoms with Crippen molar-refractivity contribution in [1.82, 2.24) is 10.2 Å². The van der Waals surface area contributed by atoms with Gasteiger partial charge in [0.05, 0.1) is 0 Å². The molecule has 2 heterocycles. The van der Waals surface area contributed by atoms with E-state index in [0.717, 1.165) is 25.0 Å². The maximum Gasteiger partial charge on any atom is 0.220 e. The summed E-state index contributed by atoms with van der Waals surface area (Å²) < 4.78 is 0. The minimum absolute atomic E-state index is 0.120. The van der Waals surface area contributed by atoms with E-state index in [9.17, 15) is 4.79 Å². The van der Waals surface area contributed by atoms with Gasteiger partial charge < -0.3 is 16.0 Å². The molecule has 2 fully saturated rings. The highest BCUT2D eigenvalue weighted by molar-refractivity contribution is 5.75. The van der Waals surface area contributed by atoms with E-state index in [2.05, 4.69) is 17.3 Å². The third-order valence-corrected chi connectivity index (χ3v) is 4.61. The van der Waals surface area contributed by atoms with Crippen LogP contribution in [0.25, 0.3) is 0 Å². The Kier molecular flexibility index (Phi) is 4.62. The average molecular weight is 253 g/mol. The molecule has 2 saturated heterocycles. The van der Waals surface area contributed by atoms with Crippen LogP contribution in [0.15, 0.2) is 0 Å². The molecular weight excluding hydrogens is 226 g/mol. The second-order valence-corrected chi connectivity index (χ2v) is 6.21. The van der Waals surface area contributed by atoms with E-state index in [-0.39, 0.29) is 11.9 Å². The molecule has 2 aliphatic heterocycles. The molecule has 1 amide bonds. The van der Waals surface area contributed by atoms with Crippen LogP contribution in [0.4, 0.5) is 0 Å². The number of nitrogens with zero attached hydrogens (tertiary/aromatic N) is 1. The van der Waals surface area contributed by atoms with Crippen molar-refractivity contribution in [2.24, 2.45) is 11.7 Å². The van der Waals surface area contributed by atoms with Gasteiger partial charge in [-0.3, -0.25) is 4.79 Å². The monoisotopic (exact) mass is 253 g/mol. The van der Waals surface area contributed by atoms with Crippen LogP contribution in [0.5, 0.6) is 0 Å². The number of carbonyl (C=O) groups is 1. The Bertz CT molecular complexity index is 279. The summed E-state index contributed by atoms with van der Waals surface area (Å²) in [6.07, 6.45) is 6.54. The minimum Gasteiger partial charge on any atom is -0.356 e. The first-order chi connectivity index (χ1) is 8.56. The summed E-state index contributed by atoms with van der Waals surface area (Å²) in [5.74, 6) is 0.844.